The van der Waals surface area contributed by atoms with E-state index in [4.69, 9.17) is 21.7 Å². The van der Waals surface area contributed by atoms with Crippen molar-refractivity contribution < 1.29 is 19.4 Å². The van der Waals surface area contributed by atoms with E-state index in [9.17, 15) is 9.90 Å². The highest BCUT2D eigenvalue weighted by molar-refractivity contribution is 7.80. The largest absolute Gasteiger partial charge is 0.497 e. The fraction of sp³-hybridized carbons (Fsp3) is 0.148. The summed E-state index contributed by atoms with van der Waals surface area (Å²) >= 11 is 5.85. The van der Waals surface area contributed by atoms with Crippen LogP contribution >= 0.6 is 12.2 Å². The van der Waals surface area contributed by atoms with Crippen molar-refractivity contribution in [2.24, 2.45) is 0 Å². The summed E-state index contributed by atoms with van der Waals surface area (Å²) in [5, 5.41) is 13.5. The van der Waals surface area contributed by atoms with Crippen LogP contribution in [0.25, 0.3) is 5.69 Å². The van der Waals surface area contributed by atoms with Gasteiger partial charge in [-0.1, -0.05) is 12.1 Å². The van der Waals surface area contributed by atoms with Crippen LogP contribution in [0.2, 0.25) is 0 Å². The minimum Gasteiger partial charge on any atom is -0.497 e. The quantitative estimate of drug-likeness (QED) is 0.351. The van der Waals surface area contributed by atoms with Gasteiger partial charge in [0.2, 0.25) is 0 Å². The lowest BCUT2D eigenvalue weighted by Gasteiger charge is -2.30. The number of anilines is 1. The number of pyridine rings is 1. The zero-order valence-corrected chi connectivity index (χ0v) is 20.5. The van der Waals surface area contributed by atoms with E-state index in [1.807, 2.05) is 70.3 Å². The minimum absolute atomic E-state index is 0.210. The Hall–Kier alpha value is -4.37. The zero-order valence-electron chi connectivity index (χ0n) is 19.7. The number of methoxy groups -OCH3 is 2. The van der Waals surface area contributed by atoms with E-state index in [-0.39, 0.29) is 17.6 Å². The summed E-state index contributed by atoms with van der Waals surface area (Å²) in [4.78, 5) is 18.2. The molecule has 2 N–H and O–H groups in total. The molecule has 1 fully saturated rings. The fourth-order valence-electron chi connectivity index (χ4n) is 4.56. The molecule has 0 saturated carbocycles. The van der Waals surface area contributed by atoms with Gasteiger partial charge in [0.1, 0.15) is 17.5 Å². The number of aromatic nitrogens is 2. The summed E-state index contributed by atoms with van der Waals surface area (Å²) in [5.74, 6) is 0.293. The molecule has 0 spiro atoms. The van der Waals surface area contributed by atoms with Gasteiger partial charge in [-0.15, -0.1) is 0 Å². The maximum atomic E-state index is 11.6. The van der Waals surface area contributed by atoms with Crippen LogP contribution in [0.5, 0.6) is 11.5 Å². The summed E-state index contributed by atoms with van der Waals surface area (Å²) in [7, 11) is 3.21. The molecule has 1 aliphatic rings. The van der Waals surface area contributed by atoms with E-state index in [1.165, 1.54) is 0 Å². The first-order chi connectivity index (χ1) is 17.5. The van der Waals surface area contributed by atoms with Crippen LogP contribution in [-0.2, 0) is 0 Å². The lowest BCUT2D eigenvalue weighted by molar-refractivity contribution is 0.0697. The van der Waals surface area contributed by atoms with E-state index < -0.39 is 5.97 Å². The van der Waals surface area contributed by atoms with Gasteiger partial charge in [0.25, 0.3) is 0 Å². The number of benzene rings is 2. The van der Waals surface area contributed by atoms with E-state index in [0.29, 0.717) is 16.6 Å². The Morgan fingerprint density at radius 3 is 2.61 bits per heavy atom. The standard InChI is InChI=1S/C27H24N4O4S/c1-34-19-11-12-21(23(16-19)35-2)31-25(24(29-27(31)36)20-9-3-4-13-28-20)22-10-6-14-30(22)18-8-5-7-17(15-18)26(32)33/h3-16,24-25H,1-2H3,(H,29,36)(H,32,33)/t24-,25-/m0/s1. The third kappa shape index (κ3) is 4.14. The monoisotopic (exact) mass is 500 g/mol. The van der Waals surface area contributed by atoms with Gasteiger partial charge in [-0.25, -0.2) is 4.79 Å². The first kappa shape index (κ1) is 23.4. The number of hydrogen-bond acceptors (Lipinski definition) is 5. The molecule has 0 bridgehead atoms. The Morgan fingerprint density at radius 1 is 1.03 bits per heavy atom. The SMILES string of the molecule is COc1ccc(N2C(=S)N[C@@H](c3ccccn3)[C@@H]2c2cccn2-c2cccc(C(=O)O)c2)c(OC)c1. The highest BCUT2D eigenvalue weighted by Gasteiger charge is 2.43. The molecule has 0 unspecified atom stereocenters. The van der Waals surface area contributed by atoms with E-state index >= 15 is 0 Å². The first-order valence-corrected chi connectivity index (χ1v) is 11.7. The molecule has 1 aliphatic heterocycles. The van der Waals surface area contributed by atoms with Crippen molar-refractivity contribution in [3.8, 4) is 17.2 Å². The predicted octanol–water partition coefficient (Wildman–Crippen LogP) is 4.76. The number of ether oxygens (including phenoxy) is 2. The first-order valence-electron chi connectivity index (χ1n) is 11.3. The van der Waals surface area contributed by atoms with Crippen LogP contribution in [0.3, 0.4) is 0 Å². The second-order valence-corrected chi connectivity index (χ2v) is 8.58. The van der Waals surface area contributed by atoms with E-state index in [1.54, 1.807) is 38.6 Å². The maximum absolute atomic E-state index is 11.6. The second kappa shape index (κ2) is 9.71. The van der Waals surface area contributed by atoms with Gasteiger partial charge in [-0.2, -0.15) is 0 Å². The molecule has 0 amide bonds. The molecule has 5 rings (SSSR count). The van der Waals surface area contributed by atoms with Crippen molar-refractivity contribution in [2.75, 3.05) is 19.1 Å². The van der Waals surface area contributed by atoms with Gasteiger partial charge in [-0.05, 0) is 66.8 Å². The lowest BCUT2D eigenvalue weighted by atomic mass is 10.0. The maximum Gasteiger partial charge on any atom is 0.335 e. The highest BCUT2D eigenvalue weighted by Crippen LogP contribution is 2.45. The van der Waals surface area contributed by atoms with E-state index in [0.717, 1.165) is 22.8 Å². The third-order valence-corrected chi connectivity index (χ3v) is 6.51. The van der Waals surface area contributed by atoms with Crippen molar-refractivity contribution in [3.05, 3.63) is 102 Å². The predicted molar refractivity (Wildman–Crippen MR) is 140 cm³/mol. The topological polar surface area (TPSA) is 88.9 Å². The Kier molecular flexibility index (Phi) is 6.30. The Balaban J connectivity index is 1.69. The summed E-state index contributed by atoms with van der Waals surface area (Å²) < 4.78 is 13.1. The fourth-order valence-corrected chi connectivity index (χ4v) is 4.90. The number of rotatable bonds is 7. The molecular formula is C27H24N4O4S. The zero-order chi connectivity index (χ0) is 25.2. The molecule has 2 aromatic carbocycles. The van der Waals surface area contributed by atoms with Crippen LogP contribution in [0.1, 0.15) is 33.8 Å². The molecule has 0 radical (unpaired) electrons. The Bertz CT molecular complexity index is 1420. The summed E-state index contributed by atoms with van der Waals surface area (Å²) in [6.07, 6.45) is 3.67. The number of hydrogen-bond donors (Lipinski definition) is 2. The van der Waals surface area contributed by atoms with Crippen molar-refractivity contribution >= 4 is 29.0 Å². The van der Waals surface area contributed by atoms with Crippen LogP contribution < -0.4 is 19.7 Å². The van der Waals surface area contributed by atoms with Crippen molar-refractivity contribution in [1.29, 1.82) is 0 Å². The molecule has 2 aromatic heterocycles. The van der Waals surface area contributed by atoms with Gasteiger partial charge in [0.15, 0.2) is 5.11 Å². The average molecular weight is 501 g/mol. The number of carboxylic acids is 1. The van der Waals surface area contributed by atoms with Crippen molar-refractivity contribution in [3.63, 3.8) is 0 Å². The number of aromatic carboxylic acids is 1. The molecule has 9 heteroatoms. The molecule has 0 aliphatic carbocycles. The second-order valence-electron chi connectivity index (χ2n) is 8.19. The van der Waals surface area contributed by atoms with Gasteiger partial charge in [0, 0.05) is 29.8 Å². The van der Waals surface area contributed by atoms with Crippen molar-refractivity contribution in [1.82, 2.24) is 14.9 Å². The molecular weight excluding hydrogens is 476 g/mol. The van der Waals surface area contributed by atoms with Gasteiger partial charge in [0.05, 0.1) is 37.2 Å². The summed E-state index contributed by atoms with van der Waals surface area (Å²) in [6, 6.07) is 21.6. The highest BCUT2D eigenvalue weighted by atomic mass is 32.1. The van der Waals surface area contributed by atoms with Gasteiger partial charge >= 0.3 is 5.97 Å². The molecule has 8 nitrogen and oxygen atoms in total. The number of nitrogens with one attached hydrogen (secondary N) is 1. The van der Waals surface area contributed by atoms with Crippen LogP contribution in [0.15, 0.2) is 85.2 Å². The summed E-state index contributed by atoms with van der Waals surface area (Å²) in [5.41, 5.74) is 3.44. The number of nitrogens with zero attached hydrogens (tertiary/aromatic N) is 3. The third-order valence-electron chi connectivity index (χ3n) is 6.20. The van der Waals surface area contributed by atoms with Crippen molar-refractivity contribution in [2.45, 2.75) is 12.1 Å². The minimum atomic E-state index is -0.981. The molecule has 1 saturated heterocycles. The molecule has 2 atom stereocenters. The van der Waals surface area contributed by atoms with Crippen LogP contribution in [0.4, 0.5) is 5.69 Å². The average Bonchev–Trinajstić information content (AvgIpc) is 3.53. The number of carbonyl (C=O) groups is 1. The number of carboxylic acid groups (broad SMARTS) is 1. The lowest BCUT2D eigenvalue weighted by Crippen LogP contribution is -2.30. The summed E-state index contributed by atoms with van der Waals surface area (Å²) in [6.45, 7) is 0. The molecule has 3 heterocycles. The molecule has 36 heavy (non-hydrogen) atoms. The van der Waals surface area contributed by atoms with E-state index in [2.05, 4.69) is 10.3 Å². The van der Waals surface area contributed by atoms with Crippen LogP contribution in [-0.4, -0.2) is 40.0 Å². The molecule has 182 valence electrons. The Labute approximate surface area is 213 Å². The van der Waals surface area contributed by atoms with Gasteiger partial charge < -0.3 is 29.4 Å². The smallest absolute Gasteiger partial charge is 0.335 e. The van der Waals surface area contributed by atoms with Gasteiger partial charge in [-0.3, -0.25) is 4.98 Å². The normalized spacial score (nSPS) is 17.1. The number of thiocarbonyl (C=S) groups is 1. The Morgan fingerprint density at radius 2 is 1.89 bits per heavy atom. The van der Waals surface area contributed by atoms with Crippen LogP contribution in [0, 0.1) is 0 Å². The molecule has 4 aromatic rings.